The van der Waals surface area contributed by atoms with Crippen molar-refractivity contribution < 1.29 is 14.0 Å². The molecule has 0 bridgehead atoms. The molecule has 0 N–H and O–H groups in total. The average Bonchev–Trinajstić information content (AvgIpc) is 2.09. The first-order valence-corrected chi connectivity index (χ1v) is 11.2. The molecule has 0 aromatic rings. The molecule has 0 unspecified atom stereocenters. The topological polar surface area (TPSA) is 43.4 Å². The fraction of sp³-hybridized carbons (Fsp3) is 0.700. The molecular weight excluding hydrogens is 224 g/mol. The summed E-state index contributed by atoms with van der Waals surface area (Å²) in [5, 5.41) is 0. The molecule has 0 aliphatic heterocycles. The van der Waals surface area contributed by atoms with Gasteiger partial charge in [-0.15, -0.1) is 0 Å². The van der Waals surface area contributed by atoms with Crippen LogP contribution in [0.1, 0.15) is 13.3 Å². The molecule has 15 heavy (non-hydrogen) atoms. The van der Waals surface area contributed by atoms with E-state index in [1.165, 1.54) is 0 Å². The normalized spacial score (nSPS) is 10.9. The largest absolute Gasteiger partial charge is 0.462 e. The predicted molar refractivity (Wildman–Crippen MR) is 65.0 cm³/mol. The van der Waals surface area contributed by atoms with Gasteiger partial charge in [-0.3, -0.25) is 0 Å². The molecule has 0 aromatic carbocycles. The SMILES string of the molecule is C=C(C)C(=O)OCCC[Si](=O)[Si](C)(C)C. The Morgan fingerprint density at radius 2 is 1.93 bits per heavy atom. The van der Waals surface area contributed by atoms with Gasteiger partial charge in [0.05, 0.1) is 6.61 Å². The molecule has 0 rings (SSSR count). The average molecular weight is 244 g/mol. The van der Waals surface area contributed by atoms with E-state index in [-0.39, 0.29) is 5.97 Å². The predicted octanol–water partition coefficient (Wildman–Crippen LogP) is 2.33. The van der Waals surface area contributed by atoms with E-state index in [2.05, 4.69) is 26.2 Å². The van der Waals surface area contributed by atoms with E-state index >= 15 is 0 Å². The van der Waals surface area contributed by atoms with Crippen LogP contribution in [0.4, 0.5) is 0 Å². The summed E-state index contributed by atoms with van der Waals surface area (Å²) >= 11 is 0. The van der Waals surface area contributed by atoms with Crippen molar-refractivity contribution in [1.29, 1.82) is 0 Å². The number of ether oxygens (including phenoxy) is 1. The summed E-state index contributed by atoms with van der Waals surface area (Å²) in [7, 11) is -2.92. The molecule has 0 fully saturated rings. The van der Waals surface area contributed by atoms with Crippen LogP contribution in [0, 0.1) is 0 Å². The highest BCUT2D eigenvalue weighted by Crippen LogP contribution is 2.06. The highest BCUT2D eigenvalue weighted by molar-refractivity contribution is 7.25. The maximum Gasteiger partial charge on any atom is 0.333 e. The lowest BCUT2D eigenvalue weighted by atomic mass is 10.4. The molecule has 0 aliphatic rings. The van der Waals surface area contributed by atoms with Crippen molar-refractivity contribution in [2.24, 2.45) is 0 Å². The van der Waals surface area contributed by atoms with Crippen molar-refractivity contribution in [1.82, 2.24) is 0 Å². The number of rotatable bonds is 6. The minimum atomic E-state index is -1.47. The van der Waals surface area contributed by atoms with E-state index in [0.29, 0.717) is 24.6 Å². The lowest BCUT2D eigenvalue weighted by Crippen LogP contribution is -2.35. The van der Waals surface area contributed by atoms with Gasteiger partial charge in [0.1, 0.15) is 7.59 Å². The summed E-state index contributed by atoms with van der Waals surface area (Å²) in [6.45, 7) is 11.8. The van der Waals surface area contributed by atoms with Crippen molar-refractivity contribution in [3.05, 3.63) is 12.2 Å². The number of hydrogen-bond donors (Lipinski definition) is 0. The molecule has 86 valence electrons. The first kappa shape index (κ1) is 14.4. The summed E-state index contributed by atoms with van der Waals surface area (Å²) in [6, 6.07) is 0.698. The second-order valence-electron chi connectivity index (χ2n) is 4.69. The molecule has 3 nitrogen and oxygen atoms in total. The molecule has 0 spiro atoms. The van der Waals surface area contributed by atoms with E-state index in [0.717, 1.165) is 0 Å². The molecule has 0 heterocycles. The van der Waals surface area contributed by atoms with Crippen LogP contribution >= 0.6 is 0 Å². The molecular formula is C10H20O3Si2. The third-order valence-electron chi connectivity index (χ3n) is 1.97. The number of carbonyl (C=O) groups is 1. The monoisotopic (exact) mass is 244 g/mol. The number of esters is 1. The minimum Gasteiger partial charge on any atom is -0.462 e. The standard InChI is InChI=1S/C10H20O3Si2/c1-9(2)10(11)13-7-6-8-14(12)15(3,4)5/h1,6-8H2,2-5H3. The fourth-order valence-corrected chi connectivity index (χ4v) is 4.89. The van der Waals surface area contributed by atoms with Crippen molar-refractivity contribution >= 4 is 21.8 Å². The number of carbonyl (C=O) groups excluding carboxylic acids is 1. The van der Waals surface area contributed by atoms with Gasteiger partial charge in [-0.25, -0.2) is 4.79 Å². The van der Waals surface area contributed by atoms with Crippen LogP contribution in [-0.4, -0.2) is 28.4 Å². The third kappa shape index (κ3) is 6.51. The second kappa shape index (κ2) is 6.12. The summed E-state index contributed by atoms with van der Waals surface area (Å²) < 4.78 is 16.7. The Kier molecular flexibility index (Phi) is 5.89. The Bertz CT molecular complexity index is 266. The zero-order valence-corrected chi connectivity index (χ0v) is 12.1. The lowest BCUT2D eigenvalue weighted by molar-refractivity contribution is -0.138. The smallest absolute Gasteiger partial charge is 0.333 e. The molecule has 0 amide bonds. The Labute approximate surface area is 94.0 Å². The van der Waals surface area contributed by atoms with Gasteiger partial charge in [-0.2, -0.15) is 0 Å². The Morgan fingerprint density at radius 3 is 2.33 bits per heavy atom. The maximum absolute atomic E-state index is 11.7. The molecule has 0 radical (unpaired) electrons. The zero-order valence-electron chi connectivity index (χ0n) is 10.1. The molecule has 0 saturated heterocycles. The molecule has 0 atom stereocenters. The van der Waals surface area contributed by atoms with Crippen LogP contribution < -0.4 is 0 Å². The van der Waals surface area contributed by atoms with E-state index in [4.69, 9.17) is 4.74 Å². The number of hydrogen-bond acceptors (Lipinski definition) is 3. The Balaban J connectivity index is 3.69. The quantitative estimate of drug-likeness (QED) is 0.312. The summed E-state index contributed by atoms with van der Waals surface area (Å²) in [5.41, 5.74) is 0.410. The van der Waals surface area contributed by atoms with E-state index in [1.807, 2.05) is 0 Å². The van der Waals surface area contributed by atoms with Crippen LogP contribution in [0.3, 0.4) is 0 Å². The first-order chi connectivity index (χ1) is 6.75. The van der Waals surface area contributed by atoms with E-state index in [1.54, 1.807) is 6.92 Å². The van der Waals surface area contributed by atoms with Crippen LogP contribution in [0.25, 0.3) is 0 Å². The van der Waals surface area contributed by atoms with Gasteiger partial charge in [0, 0.05) is 5.57 Å². The Hall–Kier alpha value is -0.556. The van der Waals surface area contributed by atoms with E-state index < -0.39 is 15.8 Å². The second-order valence-corrected chi connectivity index (χ2v) is 16.7. The van der Waals surface area contributed by atoms with Crippen LogP contribution in [0.5, 0.6) is 0 Å². The minimum absolute atomic E-state index is 0.354. The third-order valence-corrected chi connectivity index (χ3v) is 10.2. The first-order valence-electron chi connectivity index (χ1n) is 5.11. The van der Waals surface area contributed by atoms with Gasteiger partial charge in [-0.05, 0) is 19.4 Å². The van der Waals surface area contributed by atoms with Crippen molar-refractivity contribution in [2.75, 3.05) is 6.61 Å². The molecule has 0 saturated carbocycles. The lowest BCUT2D eigenvalue weighted by Gasteiger charge is -2.12. The zero-order chi connectivity index (χ0) is 12.1. The Morgan fingerprint density at radius 1 is 1.40 bits per heavy atom. The van der Waals surface area contributed by atoms with Crippen LogP contribution in [-0.2, 0) is 14.0 Å². The van der Waals surface area contributed by atoms with E-state index in [9.17, 15) is 9.26 Å². The van der Waals surface area contributed by atoms with Crippen molar-refractivity contribution in [3.8, 4) is 0 Å². The van der Waals surface area contributed by atoms with Crippen LogP contribution in [0.15, 0.2) is 12.2 Å². The van der Waals surface area contributed by atoms with Crippen molar-refractivity contribution in [2.45, 2.75) is 39.0 Å². The summed E-state index contributed by atoms with van der Waals surface area (Å²) in [4.78, 5) is 11.0. The van der Waals surface area contributed by atoms with Crippen LogP contribution in [0.2, 0.25) is 25.7 Å². The van der Waals surface area contributed by atoms with Gasteiger partial charge >= 0.3 is 5.97 Å². The maximum atomic E-state index is 11.7. The summed E-state index contributed by atoms with van der Waals surface area (Å²) in [6.07, 6.45) is 0.696. The van der Waals surface area contributed by atoms with Gasteiger partial charge in [-0.1, -0.05) is 26.2 Å². The fourth-order valence-electron chi connectivity index (χ4n) is 0.896. The molecule has 5 heteroatoms. The highest BCUT2D eigenvalue weighted by atomic mass is 29.2. The molecule has 0 aliphatic carbocycles. The van der Waals surface area contributed by atoms with Crippen molar-refractivity contribution in [3.63, 3.8) is 0 Å². The highest BCUT2D eigenvalue weighted by Gasteiger charge is 2.25. The summed E-state index contributed by atoms with van der Waals surface area (Å²) in [5.74, 6) is -0.359. The van der Waals surface area contributed by atoms with Gasteiger partial charge in [0.15, 0.2) is 0 Å². The van der Waals surface area contributed by atoms with Gasteiger partial charge in [0.2, 0.25) is 0 Å². The van der Waals surface area contributed by atoms with Gasteiger partial charge in [0.25, 0.3) is 8.20 Å². The molecule has 0 aromatic heterocycles. The van der Waals surface area contributed by atoms with Gasteiger partial charge < -0.3 is 9.20 Å².